The Morgan fingerprint density at radius 2 is 2.14 bits per heavy atom. The Morgan fingerprint density at radius 3 is 2.82 bits per heavy atom. The first-order chi connectivity index (χ1) is 10.8. The van der Waals surface area contributed by atoms with E-state index in [0.29, 0.717) is 10.9 Å². The molecule has 0 aliphatic heterocycles. The van der Waals surface area contributed by atoms with Gasteiger partial charge in [-0.3, -0.25) is 0 Å². The summed E-state index contributed by atoms with van der Waals surface area (Å²) in [5, 5.41) is 9.12. The maximum absolute atomic E-state index is 6.54. The Hall–Kier alpha value is -2.14. The monoisotopic (exact) mass is 314 g/mol. The third kappa shape index (κ3) is 2.31. The predicted molar refractivity (Wildman–Crippen MR) is 85.0 cm³/mol. The zero-order chi connectivity index (χ0) is 15.1. The number of aromatic nitrogens is 4. The molecule has 4 rings (SSSR count). The first-order valence-corrected chi connectivity index (χ1v) is 7.66. The fraction of sp³-hybridized carbons (Fsp3) is 0.312. The lowest BCUT2D eigenvalue weighted by atomic mass is 10.1. The van der Waals surface area contributed by atoms with Gasteiger partial charge >= 0.3 is 0 Å². The lowest BCUT2D eigenvalue weighted by molar-refractivity contribution is 0.398. The number of fused-ring (bicyclic) bond motifs is 1. The van der Waals surface area contributed by atoms with E-state index in [-0.39, 0.29) is 0 Å². The van der Waals surface area contributed by atoms with E-state index in [9.17, 15) is 0 Å². The molecule has 0 amide bonds. The second kappa shape index (κ2) is 5.25. The highest BCUT2D eigenvalue weighted by atomic mass is 35.5. The molecule has 1 aliphatic rings. The van der Waals surface area contributed by atoms with Crippen molar-refractivity contribution in [3.8, 4) is 17.0 Å². The van der Waals surface area contributed by atoms with Gasteiger partial charge in [0.15, 0.2) is 0 Å². The van der Waals surface area contributed by atoms with Gasteiger partial charge in [-0.2, -0.15) is 0 Å². The van der Waals surface area contributed by atoms with Gasteiger partial charge in [0, 0.05) is 29.9 Å². The average Bonchev–Trinajstić information content (AvgIpc) is 3.27. The van der Waals surface area contributed by atoms with Gasteiger partial charge in [-0.1, -0.05) is 22.9 Å². The van der Waals surface area contributed by atoms with Crippen molar-refractivity contribution in [1.82, 2.24) is 20.0 Å². The molecular formula is C16H15ClN4O. The van der Waals surface area contributed by atoms with Crippen molar-refractivity contribution in [2.24, 2.45) is 5.92 Å². The number of rotatable bonds is 4. The zero-order valence-electron chi connectivity index (χ0n) is 12.2. The van der Waals surface area contributed by atoms with Crippen LogP contribution in [0.4, 0.5) is 0 Å². The molecule has 2 heterocycles. The summed E-state index contributed by atoms with van der Waals surface area (Å²) in [5.41, 5.74) is 3.57. The van der Waals surface area contributed by atoms with Gasteiger partial charge in [-0.25, -0.2) is 9.67 Å². The summed E-state index contributed by atoms with van der Waals surface area (Å²) in [6, 6.07) is 7.79. The van der Waals surface area contributed by atoms with E-state index in [1.807, 2.05) is 28.9 Å². The fourth-order valence-electron chi connectivity index (χ4n) is 2.57. The van der Waals surface area contributed by atoms with Crippen LogP contribution in [0.5, 0.6) is 5.88 Å². The molecule has 0 bridgehead atoms. The Kier molecular flexibility index (Phi) is 3.22. The van der Waals surface area contributed by atoms with Gasteiger partial charge in [0.25, 0.3) is 0 Å². The normalized spacial score (nSPS) is 14.5. The lowest BCUT2D eigenvalue weighted by Crippen LogP contribution is -2.01. The van der Waals surface area contributed by atoms with Crippen molar-refractivity contribution < 1.29 is 4.74 Å². The van der Waals surface area contributed by atoms with Crippen LogP contribution in [-0.2, 0) is 6.54 Å². The number of halogens is 1. The number of benzene rings is 1. The Bertz CT molecular complexity index is 824. The summed E-state index contributed by atoms with van der Waals surface area (Å²) in [4.78, 5) is 4.23. The highest BCUT2D eigenvalue weighted by Gasteiger charge is 2.23. The van der Waals surface area contributed by atoms with Gasteiger partial charge in [0.2, 0.25) is 5.88 Å². The van der Waals surface area contributed by atoms with Crippen molar-refractivity contribution in [2.75, 3.05) is 7.11 Å². The first-order valence-electron chi connectivity index (χ1n) is 7.28. The quantitative estimate of drug-likeness (QED) is 0.739. The molecule has 0 unspecified atom stereocenters. The first kappa shape index (κ1) is 13.5. The van der Waals surface area contributed by atoms with Crippen LogP contribution >= 0.6 is 11.6 Å². The number of pyridine rings is 1. The van der Waals surface area contributed by atoms with Crippen molar-refractivity contribution in [2.45, 2.75) is 19.4 Å². The summed E-state index contributed by atoms with van der Waals surface area (Å²) in [6.45, 7) is 0.927. The molecule has 1 aromatic carbocycles. The van der Waals surface area contributed by atoms with Crippen LogP contribution in [0, 0.1) is 5.92 Å². The van der Waals surface area contributed by atoms with Gasteiger partial charge in [0.1, 0.15) is 5.52 Å². The molecule has 0 N–H and O–H groups in total. The fourth-order valence-corrected chi connectivity index (χ4v) is 2.87. The number of hydrogen-bond acceptors (Lipinski definition) is 4. The molecule has 5 nitrogen and oxygen atoms in total. The predicted octanol–water partition coefficient (Wildman–Crippen LogP) is 3.57. The van der Waals surface area contributed by atoms with Gasteiger partial charge in [-0.15, -0.1) is 5.10 Å². The molecule has 6 heteroatoms. The van der Waals surface area contributed by atoms with Crippen LogP contribution in [0.1, 0.15) is 12.8 Å². The average molecular weight is 315 g/mol. The minimum atomic E-state index is 0.580. The molecule has 1 fully saturated rings. The highest BCUT2D eigenvalue weighted by molar-refractivity contribution is 6.37. The number of methoxy groups -OCH3 is 1. The van der Waals surface area contributed by atoms with Crippen LogP contribution in [-0.4, -0.2) is 27.1 Å². The Labute approximate surface area is 132 Å². The van der Waals surface area contributed by atoms with E-state index in [1.54, 1.807) is 13.3 Å². The minimum absolute atomic E-state index is 0.580. The summed E-state index contributed by atoms with van der Waals surface area (Å²) in [7, 11) is 1.60. The SMILES string of the molecule is COc1ccc(-c2ccc3c(nnn3CC3CC3)c2Cl)cn1. The second-order valence-electron chi connectivity index (χ2n) is 5.60. The third-order valence-corrected chi connectivity index (χ3v) is 4.39. The lowest BCUT2D eigenvalue weighted by Gasteiger charge is -2.06. The summed E-state index contributed by atoms with van der Waals surface area (Å²) >= 11 is 6.54. The van der Waals surface area contributed by atoms with E-state index in [1.165, 1.54) is 12.8 Å². The molecule has 3 aromatic rings. The highest BCUT2D eigenvalue weighted by Crippen LogP contribution is 2.35. The molecular weight excluding hydrogens is 300 g/mol. The molecule has 22 heavy (non-hydrogen) atoms. The molecule has 112 valence electrons. The van der Waals surface area contributed by atoms with Crippen molar-refractivity contribution in [3.05, 3.63) is 35.5 Å². The van der Waals surface area contributed by atoms with E-state index < -0.39 is 0 Å². The largest absolute Gasteiger partial charge is 0.481 e. The van der Waals surface area contributed by atoms with E-state index in [2.05, 4.69) is 15.3 Å². The smallest absolute Gasteiger partial charge is 0.212 e. The number of ether oxygens (including phenoxy) is 1. The van der Waals surface area contributed by atoms with Gasteiger partial charge < -0.3 is 4.74 Å². The molecule has 1 saturated carbocycles. The zero-order valence-corrected chi connectivity index (χ0v) is 12.9. The summed E-state index contributed by atoms with van der Waals surface area (Å²) < 4.78 is 7.04. The van der Waals surface area contributed by atoms with Crippen LogP contribution < -0.4 is 4.74 Å². The van der Waals surface area contributed by atoms with Crippen LogP contribution in [0.2, 0.25) is 5.02 Å². The summed E-state index contributed by atoms with van der Waals surface area (Å²) in [5.74, 6) is 1.32. The standard InChI is InChI=1S/C16H15ClN4O/c1-22-14-7-4-11(8-18-14)12-5-6-13-16(15(12)17)19-20-21(13)9-10-2-3-10/h4-8,10H,2-3,9H2,1H3. The van der Waals surface area contributed by atoms with Gasteiger partial charge in [-0.05, 0) is 30.9 Å². The van der Waals surface area contributed by atoms with E-state index in [0.717, 1.165) is 34.6 Å². The van der Waals surface area contributed by atoms with Crippen LogP contribution in [0.3, 0.4) is 0 Å². The molecule has 0 radical (unpaired) electrons. The molecule has 2 aromatic heterocycles. The van der Waals surface area contributed by atoms with Crippen molar-refractivity contribution in [3.63, 3.8) is 0 Å². The van der Waals surface area contributed by atoms with Crippen LogP contribution in [0.25, 0.3) is 22.2 Å². The van der Waals surface area contributed by atoms with Crippen LogP contribution in [0.15, 0.2) is 30.5 Å². The summed E-state index contributed by atoms with van der Waals surface area (Å²) in [6.07, 6.45) is 4.32. The Morgan fingerprint density at radius 1 is 1.27 bits per heavy atom. The topological polar surface area (TPSA) is 52.8 Å². The van der Waals surface area contributed by atoms with Gasteiger partial charge in [0.05, 0.1) is 17.6 Å². The molecule has 1 aliphatic carbocycles. The van der Waals surface area contributed by atoms with E-state index >= 15 is 0 Å². The molecule has 0 saturated heterocycles. The van der Waals surface area contributed by atoms with Crippen molar-refractivity contribution >= 4 is 22.6 Å². The maximum atomic E-state index is 6.54. The molecule has 0 atom stereocenters. The molecule has 0 spiro atoms. The third-order valence-electron chi connectivity index (χ3n) is 4.01. The maximum Gasteiger partial charge on any atom is 0.212 e. The number of hydrogen-bond donors (Lipinski definition) is 0. The minimum Gasteiger partial charge on any atom is -0.481 e. The van der Waals surface area contributed by atoms with Crippen molar-refractivity contribution in [1.29, 1.82) is 0 Å². The Balaban J connectivity index is 1.76. The number of nitrogens with zero attached hydrogens (tertiary/aromatic N) is 4. The van der Waals surface area contributed by atoms with E-state index in [4.69, 9.17) is 16.3 Å². The second-order valence-corrected chi connectivity index (χ2v) is 5.98.